The second kappa shape index (κ2) is 8.87. The number of nitrogens with one attached hydrogen (secondary N) is 1. The van der Waals surface area contributed by atoms with Crippen molar-refractivity contribution in [3.05, 3.63) is 95.6 Å². The van der Waals surface area contributed by atoms with Gasteiger partial charge in [-0.05, 0) is 60.2 Å². The average molecular weight is 429 g/mol. The molecule has 1 N–H and O–H groups in total. The van der Waals surface area contributed by atoms with Crippen LogP contribution in [0, 0.1) is 11.6 Å². The summed E-state index contributed by atoms with van der Waals surface area (Å²) in [5.74, 6) is -1.98. The zero-order valence-corrected chi connectivity index (χ0v) is 16.6. The number of sulfonamides is 1. The number of carbonyl (C=O) groups is 1. The second-order valence-electron chi connectivity index (χ2n) is 6.20. The average Bonchev–Trinajstić information content (AvgIpc) is 2.72. The van der Waals surface area contributed by atoms with E-state index in [-0.39, 0.29) is 11.5 Å². The Balaban J connectivity index is 1.72. The summed E-state index contributed by atoms with van der Waals surface area (Å²) in [6.07, 6.45) is 3.02. The Bertz CT molecular complexity index is 1170. The van der Waals surface area contributed by atoms with Gasteiger partial charge in [0, 0.05) is 11.3 Å². The van der Waals surface area contributed by atoms with Crippen LogP contribution >= 0.6 is 0 Å². The molecule has 0 radical (unpaired) electrons. The molecule has 0 aliphatic rings. The molecule has 0 spiro atoms. The van der Waals surface area contributed by atoms with Gasteiger partial charge >= 0.3 is 0 Å². The van der Waals surface area contributed by atoms with E-state index in [1.807, 2.05) is 0 Å². The van der Waals surface area contributed by atoms with Crippen LogP contribution in [0.4, 0.5) is 14.5 Å². The normalized spacial score (nSPS) is 11.4. The van der Waals surface area contributed by atoms with Gasteiger partial charge < -0.3 is 4.74 Å². The minimum atomic E-state index is -4.47. The van der Waals surface area contributed by atoms with Crippen LogP contribution in [0.1, 0.15) is 15.9 Å². The lowest BCUT2D eigenvalue weighted by atomic mass is 10.1. The molecule has 0 bridgehead atoms. The van der Waals surface area contributed by atoms with Gasteiger partial charge in [0.25, 0.3) is 10.0 Å². The largest absolute Gasteiger partial charge is 0.497 e. The second-order valence-corrected chi connectivity index (χ2v) is 7.82. The van der Waals surface area contributed by atoms with Crippen LogP contribution in [0.15, 0.2) is 77.7 Å². The van der Waals surface area contributed by atoms with Crippen LogP contribution in [0.25, 0.3) is 6.08 Å². The molecule has 0 aromatic heterocycles. The monoisotopic (exact) mass is 429 g/mol. The molecule has 30 heavy (non-hydrogen) atoms. The van der Waals surface area contributed by atoms with Gasteiger partial charge in [-0.15, -0.1) is 0 Å². The Morgan fingerprint density at radius 3 is 2.10 bits per heavy atom. The number of rotatable bonds is 7. The highest BCUT2D eigenvalue weighted by atomic mass is 32.2. The van der Waals surface area contributed by atoms with Gasteiger partial charge in [-0.2, -0.15) is 0 Å². The summed E-state index contributed by atoms with van der Waals surface area (Å²) in [5, 5.41) is 0. The molecule has 0 aliphatic carbocycles. The third-order valence-corrected chi connectivity index (χ3v) is 5.58. The summed E-state index contributed by atoms with van der Waals surface area (Å²) >= 11 is 0. The van der Waals surface area contributed by atoms with Gasteiger partial charge in [0.05, 0.1) is 7.11 Å². The number of allylic oxidation sites excluding steroid dienone is 1. The van der Waals surface area contributed by atoms with Gasteiger partial charge in [-0.25, -0.2) is 17.2 Å². The third-order valence-electron chi connectivity index (χ3n) is 4.15. The molecule has 5 nitrogen and oxygen atoms in total. The van der Waals surface area contributed by atoms with Crippen molar-refractivity contribution >= 4 is 27.6 Å². The fraction of sp³-hybridized carbons (Fsp3) is 0.0455. The molecule has 3 aromatic rings. The molecule has 3 rings (SSSR count). The SMILES string of the molecule is COc1ccc(C=CC(=O)c2ccc(NS(=O)(=O)c3c(F)cccc3F)cc2)cc1. The molecule has 0 fully saturated rings. The fourth-order valence-electron chi connectivity index (χ4n) is 2.63. The molecule has 3 aromatic carbocycles. The highest BCUT2D eigenvalue weighted by Gasteiger charge is 2.23. The highest BCUT2D eigenvalue weighted by molar-refractivity contribution is 7.92. The Morgan fingerprint density at radius 2 is 1.53 bits per heavy atom. The molecular formula is C22H17F2NO4S. The molecular weight excluding hydrogens is 412 g/mol. The van der Waals surface area contributed by atoms with Gasteiger partial charge in [-0.1, -0.05) is 24.3 Å². The molecule has 0 saturated heterocycles. The molecule has 8 heteroatoms. The lowest BCUT2D eigenvalue weighted by Gasteiger charge is -2.10. The van der Waals surface area contributed by atoms with E-state index >= 15 is 0 Å². The topological polar surface area (TPSA) is 72.5 Å². The zero-order chi connectivity index (χ0) is 21.7. The van der Waals surface area contributed by atoms with Gasteiger partial charge in [0.15, 0.2) is 10.7 Å². The first-order valence-corrected chi connectivity index (χ1v) is 10.2. The first kappa shape index (κ1) is 21.2. The minimum Gasteiger partial charge on any atom is -0.497 e. The molecule has 0 aliphatic heterocycles. The van der Waals surface area contributed by atoms with Crippen molar-refractivity contribution in [3.8, 4) is 5.75 Å². The van der Waals surface area contributed by atoms with Crippen molar-refractivity contribution in [2.45, 2.75) is 4.90 Å². The van der Waals surface area contributed by atoms with Crippen molar-refractivity contribution < 1.29 is 26.7 Å². The maximum Gasteiger partial charge on any atom is 0.267 e. The summed E-state index contributed by atoms with van der Waals surface area (Å²) in [6, 6.07) is 15.4. The summed E-state index contributed by atoms with van der Waals surface area (Å²) in [5.41, 5.74) is 1.19. The van der Waals surface area contributed by atoms with E-state index in [0.29, 0.717) is 11.3 Å². The number of methoxy groups -OCH3 is 1. The van der Waals surface area contributed by atoms with Gasteiger partial charge in [0.1, 0.15) is 17.4 Å². The molecule has 0 atom stereocenters. The minimum absolute atomic E-state index is 0.0633. The van der Waals surface area contributed by atoms with Crippen LogP contribution in [0.3, 0.4) is 0 Å². The third kappa shape index (κ3) is 4.90. The number of ketones is 1. The van der Waals surface area contributed by atoms with E-state index in [2.05, 4.69) is 4.72 Å². The fourth-order valence-corrected chi connectivity index (χ4v) is 3.83. The van der Waals surface area contributed by atoms with Crippen molar-refractivity contribution in [2.75, 3.05) is 11.8 Å². The lowest BCUT2D eigenvalue weighted by molar-refractivity contribution is 0.104. The van der Waals surface area contributed by atoms with E-state index in [1.165, 1.54) is 30.3 Å². The Kier molecular flexibility index (Phi) is 6.27. The summed E-state index contributed by atoms with van der Waals surface area (Å²) in [6.45, 7) is 0. The van der Waals surface area contributed by atoms with E-state index in [9.17, 15) is 22.0 Å². The molecule has 0 unspecified atom stereocenters. The van der Waals surface area contributed by atoms with Crippen LogP contribution in [0.2, 0.25) is 0 Å². The van der Waals surface area contributed by atoms with E-state index in [0.717, 1.165) is 23.8 Å². The maximum atomic E-state index is 13.8. The number of carbonyl (C=O) groups excluding carboxylic acids is 1. The van der Waals surface area contributed by atoms with Crippen LogP contribution in [-0.2, 0) is 10.0 Å². The molecule has 0 amide bonds. The van der Waals surface area contributed by atoms with Crippen molar-refractivity contribution in [1.82, 2.24) is 0 Å². The van der Waals surface area contributed by atoms with Crippen molar-refractivity contribution in [1.29, 1.82) is 0 Å². The zero-order valence-electron chi connectivity index (χ0n) is 15.8. The first-order chi connectivity index (χ1) is 14.3. The molecule has 0 saturated carbocycles. The Hall–Kier alpha value is -3.52. The van der Waals surface area contributed by atoms with Crippen molar-refractivity contribution in [3.63, 3.8) is 0 Å². The standard InChI is InChI=1S/C22H17F2NO4S/c1-29-18-12-5-15(6-13-18)7-14-21(26)16-8-10-17(11-9-16)25-30(27,28)22-19(23)3-2-4-20(22)24/h2-14,25H,1H3. The van der Waals surface area contributed by atoms with Gasteiger partial charge in [-0.3, -0.25) is 9.52 Å². The smallest absolute Gasteiger partial charge is 0.267 e. The van der Waals surface area contributed by atoms with Crippen LogP contribution < -0.4 is 9.46 Å². The van der Waals surface area contributed by atoms with Gasteiger partial charge in [0.2, 0.25) is 0 Å². The predicted octanol–water partition coefficient (Wildman–Crippen LogP) is 4.67. The number of ether oxygens (including phenoxy) is 1. The highest BCUT2D eigenvalue weighted by Crippen LogP contribution is 2.22. The van der Waals surface area contributed by atoms with E-state index in [4.69, 9.17) is 4.74 Å². The predicted molar refractivity (Wildman–Crippen MR) is 110 cm³/mol. The number of halogens is 2. The van der Waals surface area contributed by atoms with E-state index in [1.54, 1.807) is 37.5 Å². The summed E-state index contributed by atoms with van der Waals surface area (Å²) in [4.78, 5) is 11.2. The summed E-state index contributed by atoms with van der Waals surface area (Å²) in [7, 11) is -2.91. The Morgan fingerprint density at radius 1 is 0.933 bits per heavy atom. The maximum absolute atomic E-state index is 13.8. The van der Waals surface area contributed by atoms with Crippen LogP contribution in [-0.4, -0.2) is 21.3 Å². The number of benzene rings is 3. The first-order valence-electron chi connectivity index (χ1n) is 8.73. The van der Waals surface area contributed by atoms with Crippen molar-refractivity contribution in [2.24, 2.45) is 0 Å². The number of anilines is 1. The molecule has 154 valence electrons. The number of hydrogen-bond donors (Lipinski definition) is 1. The summed E-state index contributed by atoms with van der Waals surface area (Å²) < 4.78 is 59.3. The lowest BCUT2D eigenvalue weighted by Crippen LogP contribution is -2.16. The Labute approximate surface area is 172 Å². The quantitative estimate of drug-likeness (QED) is 0.438. The van der Waals surface area contributed by atoms with Crippen LogP contribution in [0.5, 0.6) is 5.75 Å². The molecule has 0 heterocycles. The van der Waals surface area contributed by atoms with E-state index < -0.39 is 26.6 Å². The number of hydrogen-bond acceptors (Lipinski definition) is 4.